The van der Waals surface area contributed by atoms with Gasteiger partial charge in [0.25, 0.3) is 11.8 Å². The van der Waals surface area contributed by atoms with Gasteiger partial charge in [-0.05, 0) is 68.3 Å². The van der Waals surface area contributed by atoms with E-state index in [1.54, 1.807) is 30.3 Å². The quantitative estimate of drug-likeness (QED) is 0.572. The van der Waals surface area contributed by atoms with Gasteiger partial charge in [-0.1, -0.05) is 18.2 Å². The lowest BCUT2D eigenvalue weighted by Gasteiger charge is -2.34. The Morgan fingerprint density at radius 3 is 2.48 bits per heavy atom. The maximum absolute atomic E-state index is 13.1. The normalized spacial score (nSPS) is 20.1. The lowest BCUT2D eigenvalue weighted by atomic mass is 9.89. The molecule has 0 radical (unpaired) electrons. The number of halogens is 1. The zero-order valence-electron chi connectivity index (χ0n) is 22.5. The molecule has 2 aromatic carbocycles. The maximum atomic E-state index is 13.1. The van der Waals surface area contributed by atoms with Crippen molar-refractivity contribution in [3.8, 4) is 5.75 Å². The number of hydrogen-bond acceptors (Lipinski definition) is 7. The highest BCUT2D eigenvalue weighted by Crippen LogP contribution is 2.33. The van der Waals surface area contributed by atoms with Crippen molar-refractivity contribution in [2.45, 2.75) is 25.3 Å². The van der Waals surface area contributed by atoms with E-state index in [1.807, 2.05) is 18.9 Å². The number of hydrogen-bond donors (Lipinski definition) is 1. The number of amidine groups is 1. The van der Waals surface area contributed by atoms with E-state index in [2.05, 4.69) is 20.2 Å². The van der Waals surface area contributed by atoms with Crippen LogP contribution >= 0.6 is 0 Å². The first-order chi connectivity index (χ1) is 19.1. The maximum Gasteiger partial charge on any atom is 0.253 e. The number of rotatable bonds is 6. The van der Waals surface area contributed by atoms with Crippen molar-refractivity contribution in [3.63, 3.8) is 0 Å². The predicted molar refractivity (Wildman–Crippen MR) is 149 cm³/mol. The zero-order chi connectivity index (χ0) is 28.5. The average molecular weight is 570 g/mol. The highest BCUT2D eigenvalue weighted by Gasteiger charge is 2.47. The molecule has 1 N–H and O–H groups in total. The molecule has 0 bridgehead atoms. The third kappa shape index (κ3) is 5.65. The molecule has 212 valence electrons. The van der Waals surface area contributed by atoms with Gasteiger partial charge in [-0.2, -0.15) is 4.31 Å². The smallest absolute Gasteiger partial charge is 0.253 e. The molecule has 1 spiro atoms. The summed E-state index contributed by atoms with van der Waals surface area (Å²) in [6.45, 7) is 5.14. The summed E-state index contributed by atoms with van der Waals surface area (Å²) in [6, 6.07) is 11.4. The molecule has 2 aromatic rings. The summed E-state index contributed by atoms with van der Waals surface area (Å²) in [7, 11) is -1.72. The Kier molecular flexibility index (Phi) is 7.76. The van der Waals surface area contributed by atoms with Gasteiger partial charge in [0, 0.05) is 60.3 Å². The molecule has 0 unspecified atom stereocenters. The Hall–Kier alpha value is -3.61. The van der Waals surface area contributed by atoms with Crippen LogP contribution in [0.4, 0.5) is 4.53 Å². The second kappa shape index (κ2) is 11.1. The zero-order valence-corrected chi connectivity index (χ0v) is 23.3. The monoisotopic (exact) mass is 569 g/mol. The third-order valence-electron chi connectivity index (χ3n) is 7.81. The number of likely N-dealkylation sites (N-methyl/N-ethyl adjacent to an activating group) is 1. The molecular weight excluding hydrogens is 537 g/mol. The molecule has 0 aliphatic carbocycles. The molecule has 5 rings (SSSR count). The van der Waals surface area contributed by atoms with Crippen molar-refractivity contribution in [1.82, 2.24) is 19.4 Å². The van der Waals surface area contributed by atoms with Crippen molar-refractivity contribution < 1.29 is 27.5 Å². The molecule has 12 heteroatoms. The first-order valence-corrected chi connectivity index (χ1v) is 14.7. The number of aliphatic imine (C=N–C) groups is 1. The highest BCUT2D eigenvalue weighted by atomic mass is 32.2. The summed E-state index contributed by atoms with van der Waals surface area (Å²) in [5, 5.41) is 3.91. The van der Waals surface area contributed by atoms with E-state index >= 15 is 0 Å². The van der Waals surface area contributed by atoms with Gasteiger partial charge >= 0.3 is 0 Å². The molecule has 3 heterocycles. The average Bonchev–Trinajstić information content (AvgIpc) is 3.27. The van der Waals surface area contributed by atoms with E-state index in [0.717, 1.165) is 18.7 Å². The molecule has 2 amide bonds. The Morgan fingerprint density at radius 1 is 1.07 bits per heavy atom. The minimum absolute atomic E-state index is 0.00499. The van der Waals surface area contributed by atoms with E-state index in [0.29, 0.717) is 35.6 Å². The fourth-order valence-corrected chi connectivity index (χ4v) is 6.41. The Bertz CT molecular complexity index is 1480. The summed E-state index contributed by atoms with van der Waals surface area (Å²) in [4.78, 5) is 38.1. The molecule has 0 aromatic heterocycles. The molecule has 3 aliphatic heterocycles. The highest BCUT2D eigenvalue weighted by molar-refractivity contribution is 7.92. The standard InChI is InChI=1S/C28H32FN5O5S/c1-20-18-23(26(35)33-15-13-32(2)14-16-33)7-6-21(20)8-17-40(37,38)34-11-9-28(10-12-34)27(36)30-25(31-28)22-4-3-5-24(19-22)39-29/h3-8,17-19H,9-16H2,1-2H3,(H,30,31,36)/b17-8+. The Balaban J connectivity index is 1.23. The van der Waals surface area contributed by atoms with Crippen LogP contribution in [0.5, 0.6) is 5.75 Å². The third-order valence-corrected chi connectivity index (χ3v) is 9.38. The SMILES string of the molecule is Cc1cc(C(=O)N2CCN(C)CC2)ccc1/C=C/S(=O)(=O)N1CCC2(CC1)N=C(c1cccc(OF)c1)NC2=O. The van der Waals surface area contributed by atoms with Crippen molar-refractivity contribution in [3.05, 3.63) is 70.1 Å². The first kappa shape index (κ1) is 27.9. The van der Waals surface area contributed by atoms with Crippen molar-refractivity contribution in [2.75, 3.05) is 46.3 Å². The van der Waals surface area contributed by atoms with Crippen LogP contribution in [0.3, 0.4) is 0 Å². The van der Waals surface area contributed by atoms with E-state index in [9.17, 15) is 22.5 Å². The van der Waals surface area contributed by atoms with Gasteiger partial charge in [-0.3, -0.25) is 19.5 Å². The number of carbonyl (C=O) groups is 2. The van der Waals surface area contributed by atoms with Crippen LogP contribution in [0, 0.1) is 6.92 Å². The second-order valence-corrected chi connectivity index (χ2v) is 12.3. The summed E-state index contributed by atoms with van der Waals surface area (Å²) >= 11 is 0. The fourth-order valence-electron chi connectivity index (χ4n) is 5.23. The van der Waals surface area contributed by atoms with Crippen molar-refractivity contribution >= 4 is 33.7 Å². The number of sulfonamides is 1. The largest absolute Gasteiger partial charge is 0.336 e. The lowest BCUT2D eigenvalue weighted by molar-refractivity contribution is -0.124. The number of nitrogens with zero attached hydrogens (tertiary/aromatic N) is 4. The van der Waals surface area contributed by atoms with Crippen LogP contribution in [0.1, 0.15) is 39.9 Å². The molecular formula is C28H32FN5O5S. The molecule has 2 saturated heterocycles. The minimum atomic E-state index is -3.75. The van der Waals surface area contributed by atoms with Gasteiger partial charge in [-0.25, -0.2) is 8.42 Å². The number of piperazine rings is 1. The molecule has 10 nitrogen and oxygen atoms in total. The molecule has 3 aliphatic rings. The van der Waals surface area contributed by atoms with Gasteiger partial charge < -0.3 is 15.1 Å². The number of nitrogens with one attached hydrogen (secondary N) is 1. The minimum Gasteiger partial charge on any atom is -0.336 e. The van der Waals surface area contributed by atoms with Gasteiger partial charge in [0.05, 0.1) is 0 Å². The van der Waals surface area contributed by atoms with Crippen molar-refractivity contribution in [2.24, 2.45) is 4.99 Å². The fraction of sp³-hybridized carbons (Fsp3) is 0.393. The van der Waals surface area contributed by atoms with E-state index in [1.165, 1.54) is 27.9 Å². The summed E-state index contributed by atoms with van der Waals surface area (Å²) in [6.07, 6.45) is 1.98. The van der Waals surface area contributed by atoms with Crippen LogP contribution in [0.2, 0.25) is 0 Å². The van der Waals surface area contributed by atoms with E-state index in [4.69, 9.17) is 0 Å². The van der Waals surface area contributed by atoms with Gasteiger partial charge in [0.2, 0.25) is 10.0 Å². The van der Waals surface area contributed by atoms with E-state index < -0.39 is 15.6 Å². The Morgan fingerprint density at radius 2 is 1.80 bits per heavy atom. The van der Waals surface area contributed by atoms with Gasteiger partial charge in [0.1, 0.15) is 11.4 Å². The summed E-state index contributed by atoms with van der Waals surface area (Å²) in [5.41, 5.74) is 1.53. The van der Waals surface area contributed by atoms with Crippen molar-refractivity contribution in [1.29, 1.82) is 0 Å². The number of piperidine rings is 1. The number of carbonyl (C=O) groups excluding carboxylic acids is 2. The predicted octanol–water partition coefficient (Wildman–Crippen LogP) is 2.36. The van der Waals surface area contributed by atoms with Crippen LogP contribution < -0.4 is 10.3 Å². The molecule has 40 heavy (non-hydrogen) atoms. The second-order valence-electron chi connectivity index (χ2n) is 10.5. The molecule has 0 saturated carbocycles. The van der Waals surface area contributed by atoms with Gasteiger partial charge in [0.15, 0.2) is 5.75 Å². The van der Waals surface area contributed by atoms with Crippen LogP contribution in [-0.4, -0.2) is 92.0 Å². The van der Waals surface area contributed by atoms with Crippen LogP contribution in [0.25, 0.3) is 6.08 Å². The first-order valence-electron chi connectivity index (χ1n) is 13.2. The molecule has 0 atom stereocenters. The summed E-state index contributed by atoms with van der Waals surface area (Å²) in [5.74, 6) is -0.0185. The number of amides is 2. The van der Waals surface area contributed by atoms with Gasteiger partial charge in [-0.15, -0.1) is 0 Å². The molecule has 2 fully saturated rings. The number of aryl methyl sites for hydroxylation is 1. The number of benzene rings is 2. The topological polar surface area (TPSA) is 112 Å². The lowest BCUT2D eigenvalue weighted by Crippen LogP contribution is -2.50. The van der Waals surface area contributed by atoms with Crippen LogP contribution in [-0.2, 0) is 14.8 Å². The van der Waals surface area contributed by atoms with Crippen LogP contribution in [0.15, 0.2) is 52.9 Å². The Labute approximate surface area is 233 Å². The van der Waals surface area contributed by atoms with E-state index in [-0.39, 0.29) is 43.5 Å². The summed E-state index contributed by atoms with van der Waals surface area (Å²) < 4.78 is 40.1.